The largest absolute Gasteiger partial charge is 0.294 e. The molecular weight excluding hydrogens is 271 g/mol. The lowest BCUT2D eigenvalue weighted by Gasteiger charge is -2.26. The number of nitrogens with one attached hydrogen (secondary N) is 1. The lowest BCUT2D eigenvalue weighted by molar-refractivity contribution is 0.402. The number of hydrogen-bond donors (Lipinski definition) is 1. The van der Waals surface area contributed by atoms with E-state index in [1.54, 1.807) is 19.1 Å². The first-order valence-electron chi connectivity index (χ1n) is 5.03. The van der Waals surface area contributed by atoms with E-state index >= 15 is 0 Å². The summed E-state index contributed by atoms with van der Waals surface area (Å²) in [7, 11) is 0. The third-order valence-corrected chi connectivity index (χ3v) is 2.76. The van der Waals surface area contributed by atoms with Gasteiger partial charge in [-0.2, -0.15) is 5.26 Å². The monoisotopic (exact) mass is 284 g/mol. The Balaban J connectivity index is 3.19. The highest BCUT2D eigenvalue weighted by molar-refractivity contribution is 9.10. The first kappa shape index (κ1) is 13.1. The summed E-state index contributed by atoms with van der Waals surface area (Å²) in [5, 5.41) is 12.3. The van der Waals surface area contributed by atoms with Crippen LogP contribution in [0, 0.1) is 17.1 Å². The van der Waals surface area contributed by atoms with Crippen LogP contribution >= 0.6 is 15.9 Å². The molecule has 0 amide bonds. The molecule has 0 aromatic heterocycles. The topological polar surface area (TPSA) is 35.8 Å². The van der Waals surface area contributed by atoms with Crippen molar-refractivity contribution >= 4 is 15.9 Å². The molecule has 1 unspecified atom stereocenters. The second kappa shape index (κ2) is 4.94. The van der Waals surface area contributed by atoms with Gasteiger partial charge in [0.1, 0.15) is 11.4 Å². The fourth-order valence-electron chi connectivity index (χ4n) is 1.64. The van der Waals surface area contributed by atoms with Crippen molar-refractivity contribution in [1.82, 2.24) is 5.32 Å². The first-order chi connectivity index (χ1) is 7.39. The molecular formula is C12H14BrFN2. The Kier molecular flexibility index (Phi) is 4.06. The predicted octanol–water partition coefficient (Wildman–Crippen LogP) is 3.32. The van der Waals surface area contributed by atoms with Gasteiger partial charge in [-0.25, -0.2) is 4.39 Å². The molecule has 1 aromatic carbocycles. The molecule has 4 heteroatoms. The molecule has 0 saturated carbocycles. The van der Waals surface area contributed by atoms with Crippen LogP contribution in [0.25, 0.3) is 0 Å². The Hall–Kier alpha value is -0.920. The number of rotatable bonds is 3. The molecule has 0 radical (unpaired) electrons. The summed E-state index contributed by atoms with van der Waals surface area (Å²) in [4.78, 5) is 0. The molecule has 0 heterocycles. The fraction of sp³-hybridized carbons (Fsp3) is 0.417. The lowest BCUT2D eigenvalue weighted by atomic mass is 9.92. The molecule has 1 rings (SSSR count). The van der Waals surface area contributed by atoms with Crippen LogP contribution in [0.5, 0.6) is 0 Å². The minimum atomic E-state index is -1.00. The van der Waals surface area contributed by atoms with E-state index < -0.39 is 5.54 Å². The van der Waals surface area contributed by atoms with Crippen molar-refractivity contribution in [2.45, 2.75) is 32.4 Å². The van der Waals surface area contributed by atoms with Gasteiger partial charge < -0.3 is 0 Å². The van der Waals surface area contributed by atoms with Gasteiger partial charge in [0.2, 0.25) is 0 Å². The van der Waals surface area contributed by atoms with Crippen molar-refractivity contribution in [2.24, 2.45) is 0 Å². The molecule has 2 nitrogen and oxygen atoms in total. The minimum absolute atomic E-state index is 0.104. The highest BCUT2D eigenvalue weighted by atomic mass is 79.9. The Morgan fingerprint density at radius 1 is 1.50 bits per heavy atom. The van der Waals surface area contributed by atoms with E-state index in [9.17, 15) is 9.65 Å². The molecule has 0 bridgehead atoms. The Labute approximate surface area is 104 Å². The van der Waals surface area contributed by atoms with E-state index in [1.807, 2.05) is 13.8 Å². The number of benzene rings is 1. The van der Waals surface area contributed by atoms with Gasteiger partial charge in [0, 0.05) is 16.1 Å². The number of nitrogens with zero attached hydrogens (tertiary/aromatic N) is 1. The summed E-state index contributed by atoms with van der Waals surface area (Å²) in [6.45, 7) is 5.53. The van der Waals surface area contributed by atoms with E-state index in [2.05, 4.69) is 27.3 Å². The zero-order chi connectivity index (χ0) is 12.3. The summed E-state index contributed by atoms with van der Waals surface area (Å²) in [6, 6.07) is 6.95. The van der Waals surface area contributed by atoms with Gasteiger partial charge in [-0.05, 0) is 32.9 Å². The molecule has 0 aliphatic heterocycles. The summed E-state index contributed by atoms with van der Waals surface area (Å²) >= 11 is 3.19. The molecule has 0 aliphatic rings. The molecule has 0 fully saturated rings. The van der Waals surface area contributed by atoms with Crippen LogP contribution in [0.1, 0.15) is 26.3 Å². The Bertz CT molecular complexity index is 426. The standard InChI is InChI=1S/C12H14BrFN2/c1-8(2)16-12(3,7-15)10-5-4-9(13)6-11(10)14/h4-6,8,16H,1-3H3. The van der Waals surface area contributed by atoms with Crippen LogP contribution in [-0.4, -0.2) is 6.04 Å². The second-order valence-electron chi connectivity index (χ2n) is 4.16. The molecule has 1 atom stereocenters. The Morgan fingerprint density at radius 3 is 2.56 bits per heavy atom. The normalized spacial score (nSPS) is 14.6. The van der Waals surface area contributed by atoms with Crippen molar-refractivity contribution < 1.29 is 4.39 Å². The Morgan fingerprint density at radius 2 is 2.12 bits per heavy atom. The maximum atomic E-state index is 13.8. The van der Waals surface area contributed by atoms with Gasteiger partial charge in [-0.15, -0.1) is 0 Å². The fourth-order valence-corrected chi connectivity index (χ4v) is 1.98. The first-order valence-corrected chi connectivity index (χ1v) is 5.83. The molecule has 0 saturated heterocycles. The highest BCUT2D eigenvalue weighted by Gasteiger charge is 2.29. The highest BCUT2D eigenvalue weighted by Crippen LogP contribution is 2.26. The van der Waals surface area contributed by atoms with Crippen molar-refractivity contribution in [3.8, 4) is 6.07 Å². The van der Waals surface area contributed by atoms with E-state index in [-0.39, 0.29) is 11.9 Å². The number of hydrogen-bond acceptors (Lipinski definition) is 2. The van der Waals surface area contributed by atoms with Crippen molar-refractivity contribution in [3.05, 3.63) is 34.1 Å². The van der Waals surface area contributed by atoms with Crippen LogP contribution in [0.15, 0.2) is 22.7 Å². The zero-order valence-electron chi connectivity index (χ0n) is 9.51. The van der Waals surface area contributed by atoms with Crippen LogP contribution in [0.3, 0.4) is 0 Å². The van der Waals surface area contributed by atoms with Crippen molar-refractivity contribution in [1.29, 1.82) is 5.26 Å². The summed E-state index contributed by atoms with van der Waals surface area (Å²) in [5.41, 5.74) is -0.634. The minimum Gasteiger partial charge on any atom is -0.294 e. The van der Waals surface area contributed by atoms with Crippen molar-refractivity contribution in [3.63, 3.8) is 0 Å². The van der Waals surface area contributed by atoms with Gasteiger partial charge in [0.15, 0.2) is 0 Å². The van der Waals surface area contributed by atoms with Gasteiger partial charge in [-0.1, -0.05) is 22.0 Å². The van der Waals surface area contributed by atoms with Crippen LogP contribution in [0.2, 0.25) is 0 Å². The number of halogens is 2. The van der Waals surface area contributed by atoms with E-state index in [4.69, 9.17) is 0 Å². The average Bonchev–Trinajstić information content (AvgIpc) is 2.16. The zero-order valence-corrected chi connectivity index (χ0v) is 11.1. The van der Waals surface area contributed by atoms with Crippen LogP contribution < -0.4 is 5.32 Å². The van der Waals surface area contributed by atoms with Crippen LogP contribution in [-0.2, 0) is 5.54 Å². The van der Waals surface area contributed by atoms with E-state index in [0.29, 0.717) is 10.0 Å². The molecule has 1 N–H and O–H groups in total. The molecule has 0 spiro atoms. The molecule has 86 valence electrons. The van der Waals surface area contributed by atoms with Gasteiger partial charge in [0.05, 0.1) is 6.07 Å². The smallest absolute Gasteiger partial charge is 0.132 e. The summed E-state index contributed by atoms with van der Waals surface area (Å²) in [6.07, 6.45) is 0. The maximum Gasteiger partial charge on any atom is 0.132 e. The summed E-state index contributed by atoms with van der Waals surface area (Å²) in [5.74, 6) is -0.383. The van der Waals surface area contributed by atoms with Crippen molar-refractivity contribution in [2.75, 3.05) is 0 Å². The SMILES string of the molecule is CC(C)NC(C)(C#N)c1ccc(Br)cc1F. The molecule has 0 aliphatic carbocycles. The second-order valence-corrected chi connectivity index (χ2v) is 5.08. The maximum absolute atomic E-state index is 13.8. The van der Waals surface area contributed by atoms with Gasteiger partial charge in [0.25, 0.3) is 0 Å². The third kappa shape index (κ3) is 2.81. The van der Waals surface area contributed by atoms with Gasteiger partial charge >= 0.3 is 0 Å². The predicted molar refractivity (Wildman–Crippen MR) is 65.3 cm³/mol. The van der Waals surface area contributed by atoms with E-state index in [0.717, 1.165) is 0 Å². The summed E-state index contributed by atoms with van der Waals surface area (Å²) < 4.78 is 14.4. The lowest BCUT2D eigenvalue weighted by Crippen LogP contribution is -2.43. The van der Waals surface area contributed by atoms with Gasteiger partial charge in [-0.3, -0.25) is 5.32 Å². The molecule has 1 aromatic rings. The van der Waals surface area contributed by atoms with Crippen LogP contribution in [0.4, 0.5) is 4.39 Å². The molecule has 16 heavy (non-hydrogen) atoms. The number of nitriles is 1. The van der Waals surface area contributed by atoms with E-state index in [1.165, 1.54) is 6.07 Å². The quantitative estimate of drug-likeness (QED) is 0.924. The third-order valence-electron chi connectivity index (χ3n) is 2.27. The average molecular weight is 285 g/mol.